The molecule has 0 aliphatic carbocycles. The fourth-order valence-electron chi connectivity index (χ4n) is 3.93. The van der Waals surface area contributed by atoms with Gasteiger partial charge < -0.3 is 10.1 Å². The van der Waals surface area contributed by atoms with Crippen molar-refractivity contribution in [3.63, 3.8) is 0 Å². The summed E-state index contributed by atoms with van der Waals surface area (Å²) in [5.41, 5.74) is 1.80. The quantitative estimate of drug-likeness (QED) is 0.187. The van der Waals surface area contributed by atoms with Crippen molar-refractivity contribution in [3.8, 4) is 5.75 Å². The van der Waals surface area contributed by atoms with Crippen LogP contribution in [0.3, 0.4) is 0 Å². The first kappa shape index (κ1) is 23.6. The third-order valence-corrected chi connectivity index (χ3v) is 6.33. The largest absolute Gasteiger partial charge is 0.423 e. The van der Waals surface area contributed by atoms with E-state index in [4.69, 9.17) is 27.9 Å². The molecule has 0 bridgehead atoms. The first-order chi connectivity index (χ1) is 17.3. The number of nitrogens with zero attached hydrogens (tertiary/aromatic N) is 1. The molecule has 1 N–H and O–H groups in total. The zero-order valence-electron chi connectivity index (χ0n) is 18.9. The molecule has 0 fully saturated rings. The molecule has 36 heavy (non-hydrogen) atoms. The zero-order valence-corrected chi connectivity index (χ0v) is 20.4. The van der Waals surface area contributed by atoms with Crippen LogP contribution in [0.15, 0.2) is 95.7 Å². The second-order valence-electron chi connectivity index (χ2n) is 8.17. The second kappa shape index (κ2) is 9.49. The van der Waals surface area contributed by atoms with Crippen LogP contribution >= 0.6 is 23.2 Å². The molecule has 0 saturated heterocycles. The Bertz CT molecular complexity index is 1580. The van der Waals surface area contributed by atoms with Crippen LogP contribution in [0.1, 0.15) is 15.9 Å². The number of aryl methyl sites for hydroxylation is 1. The monoisotopic (exact) mass is 516 g/mol. The van der Waals surface area contributed by atoms with Crippen molar-refractivity contribution < 1.29 is 19.1 Å². The molecule has 4 aromatic rings. The average molecular weight is 517 g/mol. The number of amides is 2. The molecule has 0 aromatic heterocycles. The second-order valence-corrected chi connectivity index (χ2v) is 8.98. The normalized spacial score (nSPS) is 13.5. The third kappa shape index (κ3) is 4.44. The minimum Gasteiger partial charge on any atom is -0.423 e. The Morgan fingerprint density at radius 2 is 1.56 bits per heavy atom. The van der Waals surface area contributed by atoms with E-state index in [1.807, 2.05) is 30.3 Å². The number of nitrogens with one attached hydrogen (secondary N) is 1. The molecule has 0 atom stereocenters. The lowest BCUT2D eigenvalue weighted by Crippen LogP contribution is -2.32. The Balaban J connectivity index is 1.30. The van der Waals surface area contributed by atoms with Crippen molar-refractivity contribution in [2.45, 2.75) is 6.92 Å². The van der Waals surface area contributed by atoms with E-state index in [0.717, 1.165) is 15.7 Å². The molecular weight excluding hydrogens is 499 g/mol. The molecule has 1 aliphatic rings. The molecule has 6 nitrogen and oxygen atoms in total. The number of benzene rings is 4. The van der Waals surface area contributed by atoms with Gasteiger partial charge in [-0.2, -0.15) is 0 Å². The molecule has 0 saturated carbocycles. The van der Waals surface area contributed by atoms with Crippen molar-refractivity contribution in [3.05, 3.63) is 112 Å². The highest BCUT2D eigenvalue weighted by Gasteiger charge is 2.39. The zero-order chi connectivity index (χ0) is 25.4. The molecule has 0 radical (unpaired) electrons. The Labute approximate surface area is 216 Å². The van der Waals surface area contributed by atoms with E-state index >= 15 is 0 Å². The Morgan fingerprint density at radius 1 is 0.833 bits per heavy atom. The predicted molar refractivity (Wildman–Crippen MR) is 141 cm³/mol. The molecule has 1 aliphatic heterocycles. The first-order valence-electron chi connectivity index (χ1n) is 10.9. The summed E-state index contributed by atoms with van der Waals surface area (Å²) in [5.74, 6) is -1.31. The van der Waals surface area contributed by atoms with Crippen LogP contribution in [0.2, 0.25) is 5.02 Å². The van der Waals surface area contributed by atoms with Gasteiger partial charge >= 0.3 is 5.97 Å². The fraction of sp³-hybridized carbons (Fsp3) is 0.0357. The number of esters is 1. The number of halogens is 2. The summed E-state index contributed by atoms with van der Waals surface area (Å²) in [6.07, 6.45) is 0. The van der Waals surface area contributed by atoms with Crippen molar-refractivity contribution in [1.82, 2.24) is 0 Å². The number of imide groups is 1. The van der Waals surface area contributed by atoms with Gasteiger partial charge in [0.1, 0.15) is 16.5 Å². The van der Waals surface area contributed by atoms with Crippen molar-refractivity contribution >= 4 is 63.1 Å². The number of carbonyl (C=O) groups excluding carboxylic acids is 3. The van der Waals surface area contributed by atoms with Crippen LogP contribution in [-0.2, 0) is 9.59 Å². The summed E-state index contributed by atoms with van der Waals surface area (Å²) >= 11 is 12.2. The van der Waals surface area contributed by atoms with Gasteiger partial charge in [0.25, 0.3) is 11.8 Å². The topological polar surface area (TPSA) is 75.7 Å². The summed E-state index contributed by atoms with van der Waals surface area (Å²) < 4.78 is 5.51. The van der Waals surface area contributed by atoms with Gasteiger partial charge in [0.05, 0.1) is 11.3 Å². The molecule has 0 spiro atoms. The molecular formula is C28H18Cl2N2O4. The van der Waals surface area contributed by atoms with E-state index in [1.54, 1.807) is 61.5 Å². The Hall–Kier alpha value is -4.13. The third-order valence-electron chi connectivity index (χ3n) is 5.75. The SMILES string of the molecule is Cc1cc(Cl)ccc1N1C(=O)C(Cl)=C(Nc2ccc(C(=O)Oc3ccc4ccccc4c3)cc2)C1=O. The molecule has 4 aromatic carbocycles. The van der Waals surface area contributed by atoms with Gasteiger partial charge in [-0.05, 0) is 77.9 Å². The van der Waals surface area contributed by atoms with E-state index in [0.29, 0.717) is 33.3 Å². The number of hydrogen-bond acceptors (Lipinski definition) is 5. The van der Waals surface area contributed by atoms with Crippen LogP contribution in [0.4, 0.5) is 11.4 Å². The number of carbonyl (C=O) groups is 3. The predicted octanol–water partition coefficient (Wildman–Crippen LogP) is 6.46. The highest BCUT2D eigenvalue weighted by molar-refractivity contribution is 6.53. The van der Waals surface area contributed by atoms with Crippen LogP contribution in [0, 0.1) is 6.92 Å². The van der Waals surface area contributed by atoms with Crippen LogP contribution < -0.4 is 15.0 Å². The van der Waals surface area contributed by atoms with Gasteiger partial charge in [-0.3, -0.25) is 9.59 Å². The number of hydrogen-bond donors (Lipinski definition) is 1. The summed E-state index contributed by atoms with van der Waals surface area (Å²) in [7, 11) is 0. The van der Waals surface area contributed by atoms with Gasteiger partial charge in [-0.25, -0.2) is 9.69 Å². The van der Waals surface area contributed by atoms with Gasteiger partial charge in [0.2, 0.25) is 0 Å². The van der Waals surface area contributed by atoms with Crippen molar-refractivity contribution in [2.75, 3.05) is 10.2 Å². The maximum Gasteiger partial charge on any atom is 0.343 e. The van der Waals surface area contributed by atoms with Crippen molar-refractivity contribution in [2.24, 2.45) is 0 Å². The van der Waals surface area contributed by atoms with Gasteiger partial charge in [0, 0.05) is 10.7 Å². The lowest BCUT2D eigenvalue weighted by Gasteiger charge is -2.17. The summed E-state index contributed by atoms with van der Waals surface area (Å²) in [6, 6.07) is 24.4. The maximum absolute atomic E-state index is 13.0. The van der Waals surface area contributed by atoms with E-state index < -0.39 is 17.8 Å². The standard InChI is InChI=1S/C28H18Cl2N2O4/c1-16-14-20(29)9-13-23(16)32-26(33)24(30)25(27(32)34)31-21-10-6-18(7-11-21)28(35)36-22-12-8-17-4-2-3-5-19(17)15-22/h2-15,31H,1H3. The van der Waals surface area contributed by atoms with Crippen molar-refractivity contribution in [1.29, 1.82) is 0 Å². The maximum atomic E-state index is 13.0. The smallest absolute Gasteiger partial charge is 0.343 e. The Morgan fingerprint density at radius 3 is 2.28 bits per heavy atom. The van der Waals surface area contributed by atoms with Gasteiger partial charge in [-0.15, -0.1) is 0 Å². The van der Waals surface area contributed by atoms with E-state index in [2.05, 4.69) is 5.32 Å². The summed E-state index contributed by atoms with van der Waals surface area (Å²) in [6.45, 7) is 1.75. The summed E-state index contributed by atoms with van der Waals surface area (Å²) in [5, 5.41) is 5.17. The summed E-state index contributed by atoms with van der Waals surface area (Å²) in [4.78, 5) is 39.4. The van der Waals surface area contributed by atoms with Crippen LogP contribution in [0.25, 0.3) is 10.8 Å². The number of ether oxygens (including phenoxy) is 1. The lowest BCUT2D eigenvalue weighted by molar-refractivity contribution is -0.120. The lowest BCUT2D eigenvalue weighted by atomic mass is 10.1. The average Bonchev–Trinajstić information content (AvgIpc) is 3.07. The van der Waals surface area contributed by atoms with E-state index in [1.165, 1.54) is 0 Å². The minimum atomic E-state index is -0.634. The molecule has 2 amide bonds. The number of rotatable bonds is 5. The molecule has 8 heteroatoms. The molecule has 1 heterocycles. The van der Waals surface area contributed by atoms with E-state index in [9.17, 15) is 14.4 Å². The fourth-order valence-corrected chi connectivity index (χ4v) is 4.37. The molecule has 0 unspecified atom stereocenters. The highest BCUT2D eigenvalue weighted by Crippen LogP contribution is 2.33. The number of fused-ring (bicyclic) bond motifs is 1. The van der Waals surface area contributed by atoms with Crippen LogP contribution in [-0.4, -0.2) is 17.8 Å². The van der Waals surface area contributed by atoms with Crippen LogP contribution in [0.5, 0.6) is 5.75 Å². The minimum absolute atomic E-state index is 0.0532. The molecule has 5 rings (SSSR count). The van der Waals surface area contributed by atoms with Gasteiger partial charge in [0.15, 0.2) is 0 Å². The van der Waals surface area contributed by atoms with E-state index in [-0.39, 0.29) is 10.7 Å². The first-order valence-corrected chi connectivity index (χ1v) is 11.7. The Kier molecular flexibility index (Phi) is 6.22. The highest BCUT2D eigenvalue weighted by atomic mass is 35.5. The molecule has 178 valence electrons. The number of anilines is 2. The van der Waals surface area contributed by atoms with Gasteiger partial charge in [-0.1, -0.05) is 53.5 Å².